The lowest BCUT2D eigenvalue weighted by Gasteiger charge is -2.38. The Labute approximate surface area is 251 Å². The molecule has 43 heavy (non-hydrogen) atoms. The van der Waals surface area contributed by atoms with Gasteiger partial charge in [-0.2, -0.15) is 0 Å². The molecule has 2 fully saturated rings. The van der Waals surface area contributed by atoms with Crippen molar-refractivity contribution in [3.05, 3.63) is 84.6 Å². The molecule has 0 radical (unpaired) electrons. The van der Waals surface area contributed by atoms with E-state index in [2.05, 4.69) is 70.0 Å². The Morgan fingerprint density at radius 3 is 2.53 bits per heavy atom. The van der Waals surface area contributed by atoms with E-state index in [0.29, 0.717) is 11.6 Å². The summed E-state index contributed by atoms with van der Waals surface area (Å²) in [6.07, 6.45) is 5.81. The zero-order chi connectivity index (χ0) is 29.7. The minimum absolute atomic E-state index is 0.131. The van der Waals surface area contributed by atoms with Crippen molar-refractivity contribution in [3.63, 3.8) is 0 Å². The lowest BCUT2D eigenvalue weighted by Crippen LogP contribution is -2.43. The van der Waals surface area contributed by atoms with Crippen LogP contribution < -0.4 is 16.4 Å². The van der Waals surface area contributed by atoms with Crippen molar-refractivity contribution in [1.82, 2.24) is 24.4 Å². The van der Waals surface area contributed by atoms with Crippen LogP contribution in [0, 0.1) is 0 Å². The Morgan fingerprint density at radius 2 is 1.84 bits per heavy atom. The number of fused-ring (bicyclic) bond motifs is 1. The monoisotopic (exact) mass is 572 g/mol. The van der Waals surface area contributed by atoms with Crippen LogP contribution in [0.15, 0.2) is 79.0 Å². The number of carbonyl (C=O) groups is 1. The molecule has 1 saturated heterocycles. The van der Waals surface area contributed by atoms with Crippen molar-refractivity contribution >= 4 is 28.6 Å². The molecule has 1 aliphatic heterocycles. The van der Waals surface area contributed by atoms with E-state index in [1.165, 1.54) is 0 Å². The van der Waals surface area contributed by atoms with E-state index in [1.54, 1.807) is 13.1 Å². The maximum atomic E-state index is 11.9. The highest BCUT2D eigenvalue weighted by Gasteiger charge is 2.34. The second kappa shape index (κ2) is 10.5. The average molecular weight is 573 g/mol. The summed E-state index contributed by atoms with van der Waals surface area (Å²) in [5.74, 6) is 1.23. The number of imidazole rings is 1. The highest BCUT2D eigenvalue weighted by molar-refractivity contribution is 5.85. The summed E-state index contributed by atoms with van der Waals surface area (Å²) < 4.78 is 2.06. The van der Waals surface area contributed by atoms with Gasteiger partial charge in [-0.25, -0.2) is 15.0 Å². The smallest absolute Gasteiger partial charge is 0.219 e. The molecule has 1 atom stereocenters. The van der Waals surface area contributed by atoms with Gasteiger partial charge in [0, 0.05) is 61.8 Å². The van der Waals surface area contributed by atoms with Gasteiger partial charge in [0.1, 0.15) is 11.3 Å². The first-order chi connectivity index (χ1) is 20.8. The number of anilines is 2. The maximum absolute atomic E-state index is 11.9. The quantitative estimate of drug-likeness (QED) is 0.290. The highest BCUT2D eigenvalue weighted by atomic mass is 16.2. The van der Waals surface area contributed by atoms with E-state index >= 15 is 0 Å². The van der Waals surface area contributed by atoms with E-state index in [1.807, 2.05) is 29.2 Å². The molecule has 1 saturated carbocycles. The number of pyridine rings is 2. The first kappa shape index (κ1) is 27.1. The van der Waals surface area contributed by atoms with Gasteiger partial charge in [-0.05, 0) is 79.8 Å². The minimum atomic E-state index is -0.238. The summed E-state index contributed by atoms with van der Waals surface area (Å²) >= 11 is 0. The van der Waals surface area contributed by atoms with E-state index < -0.39 is 0 Å². The Bertz CT molecular complexity index is 1820. The van der Waals surface area contributed by atoms with Gasteiger partial charge < -0.3 is 21.3 Å². The average Bonchev–Trinajstić information content (AvgIpc) is 3.65. The number of likely N-dealkylation sites (tertiary alicyclic amines) is 1. The number of amides is 1. The molecule has 7 rings (SSSR count). The van der Waals surface area contributed by atoms with Gasteiger partial charge in [-0.15, -0.1) is 0 Å². The third kappa shape index (κ3) is 4.79. The van der Waals surface area contributed by atoms with Crippen molar-refractivity contribution < 1.29 is 4.79 Å². The largest absolute Gasteiger partial charge is 0.383 e. The lowest BCUT2D eigenvalue weighted by molar-refractivity contribution is -0.127. The predicted octanol–water partition coefficient (Wildman–Crippen LogP) is 5.13. The van der Waals surface area contributed by atoms with Gasteiger partial charge in [0.2, 0.25) is 5.91 Å². The highest BCUT2D eigenvalue weighted by Crippen LogP contribution is 2.39. The standard InChI is InChI=1S/C34H36N8O/c1-22(43)41-19-15-27(21-41)40(2)26-7-3-6-23(20-26)29-13-14-30-33(38-29)42(32(39-30)28-8-4-18-37-31(28)35)25-11-9-24(10-12-25)34(36)16-5-17-34/h3-4,6-14,18,20,27H,5,15-17,19,21,36H2,1-2H3,(H2,35,37). The second-order valence-electron chi connectivity index (χ2n) is 11.9. The van der Waals surface area contributed by atoms with Crippen molar-refractivity contribution in [2.24, 2.45) is 5.73 Å². The number of hydrogen-bond donors (Lipinski definition) is 2. The molecule has 0 spiro atoms. The Hall–Kier alpha value is -4.76. The number of aromatic nitrogens is 4. The van der Waals surface area contributed by atoms with Crippen LogP contribution in [0.4, 0.5) is 11.5 Å². The minimum Gasteiger partial charge on any atom is -0.383 e. The van der Waals surface area contributed by atoms with Crippen LogP contribution in [0.2, 0.25) is 0 Å². The van der Waals surface area contributed by atoms with Gasteiger partial charge in [0.05, 0.1) is 11.3 Å². The van der Waals surface area contributed by atoms with E-state index in [0.717, 1.165) is 83.7 Å². The summed E-state index contributed by atoms with van der Waals surface area (Å²) in [4.78, 5) is 30.6. The Balaban J connectivity index is 1.30. The lowest BCUT2D eigenvalue weighted by atomic mass is 9.73. The van der Waals surface area contributed by atoms with Crippen LogP contribution >= 0.6 is 0 Å². The third-order valence-electron chi connectivity index (χ3n) is 9.24. The first-order valence-corrected chi connectivity index (χ1v) is 14.9. The first-order valence-electron chi connectivity index (χ1n) is 14.9. The van der Waals surface area contributed by atoms with E-state index in [4.69, 9.17) is 21.4 Å². The van der Waals surface area contributed by atoms with Gasteiger partial charge in [-0.3, -0.25) is 9.36 Å². The number of benzene rings is 2. The molecule has 2 aromatic carbocycles. The Kier molecular flexibility index (Phi) is 6.62. The molecule has 5 aromatic rings. The van der Waals surface area contributed by atoms with Crippen molar-refractivity contribution in [2.75, 3.05) is 30.8 Å². The molecule has 0 bridgehead atoms. The number of nitrogen functional groups attached to an aromatic ring is 1. The second-order valence-corrected chi connectivity index (χ2v) is 11.9. The fraction of sp³-hybridized carbons (Fsp3) is 0.294. The van der Waals surface area contributed by atoms with Crippen LogP contribution in [-0.2, 0) is 10.3 Å². The third-order valence-corrected chi connectivity index (χ3v) is 9.24. The fourth-order valence-corrected chi connectivity index (χ4v) is 6.38. The summed E-state index contributed by atoms with van der Waals surface area (Å²) in [7, 11) is 2.10. The van der Waals surface area contributed by atoms with Crippen molar-refractivity contribution in [1.29, 1.82) is 0 Å². The van der Waals surface area contributed by atoms with Gasteiger partial charge in [0.15, 0.2) is 11.5 Å². The molecule has 1 aliphatic carbocycles. The molecule has 1 amide bonds. The number of carbonyl (C=O) groups excluding carboxylic acids is 1. The predicted molar refractivity (Wildman–Crippen MR) is 171 cm³/mol. The van der Waals surface area contributed by atoms with E-state index in [-0.39, 0.29) is 17.5 Å². The number of nitrogens with two attached hydrogens (primary N) is 2. The summed E-state index contributed by atoms with van der Waals surface area (Å²) in [6, 6.07) is 25.0. The molecule has 4 heterocycles. The van der Waals surface area contributed by atoms with Crippen molar-refractivity contribution in [2.45, 2.75) is 44.2 Å². The zero-order valence-electron chi connectivity index (χ0n) is 24.6. The molecule has 3 aromatic heterocycles. The van der Waals surface area contributed by atoms with Crippen LogP contribution in [0.25, 0.3) is 39.5 Å². The zero-order valence-corrected chi connectivity index (χ0v) is 24.6. The fourth-order valence-electron chi connectivity index (χ4n) is 6.38. The van der Waals surface area contributed by atoms with Crippen LogP contribution in [0.3, 0.4) is 0 Å². The molecule has 9 heteroatoms. The van der Waals surface area contributed by atoms with E-state index in [9.17, 15) is 4.79 Å². The van der Waals surface area contributed by atoms with Crippen molar-refractivity contribution in [3.8, 4) is 28.3 Å². The Morgan fingerprint density at radius 1 is 1.02 bits per heavy atom. The summed E-state index contributed by atoms with van der Waals surface area (Å²) in [5, 5.41) is 0. The van der Waals surface area contributed by atoms with Crippen LogP contribution in [0.5, 0.6) is 0 Å². The van der Waals surface area contributed by atoms with Crippen LogP contribution in [0.1, 0.15) is 38.2 Å². The summed E-state index contributed by atoms with van der Waals surface area (Å²) in [6.45, 7) is 3.17. The normalized spacial score (nSPS) is 17.7. The number of nitrogens with zero attached hydrogens (tertiary/aromatic N) is 6. The number of rotatable bonds is 6. The summed E-state index contributed by atoms with van der Waals surface area (Å²) in [5.41, 5.74) is 20.0. The van der Waals surface area contributed by atoms with Gasteiger partial charge >= 0.3 is 0 Å². The molecule has 9 nitrogen and oxygen atoms in total. The molecule has 218 valence electrons. The van der Waals surface area contributed by atoms with Crippen LogP contribution in [-0.4, -0.2) is 56.5 Å². The van der Waals surface area contributed by atoms with Gasteiger partial charge in [-0.1, -0.05) is 24.3 Å². The SMILES string of the molecule is CC(=O)N1CCC(N(C)c2cccc(-c3ccc4nc(-c5cccnc5N)n(-c5ccc(C6(N)CCC6)cc5)c4n3)c2)C1. The topological polar surface area (TPSA) is 119 Å². The molecule has 4 N–H and O–H groups in total. The van der Waals surface area contributed by atoms with Gasteiger partial charge in [0.25, 0.3) is 0 Å². The maximum Gasteiger partial charge on any atom is 0.219 e. The molecular formula is C34H36N8O. The molecule has 1 unspecified atom stereocenters. The molecular weight excluding hydrogens is 536 g/mol. The molecule has 2 aliphatic rings. The number of likely N-dealkylation sites (N-methyl/N-ethyl adjacent to an activating group) is 1. The number of hydrogen-bond acceptors (Lipinski definition) is 7.